The summed E-state index contributed by atoms with van der Waals surface area (Å²) in [5, 5.41) is 3.50. The fraction of sp³-hybridized carbons (Fsp3) is 0.450. The summed E-state index contributed by atoms with van der Waals surface area (Å²) in [6.45, 7) is 4.14. The largest absolute Gasteiger partial charge is 0.487 e. The predicted molar refractivity (Wildman–Crippen MR) is 101 cm³/mol. The van der Waals surface area contributed by atoms with Crippen LogP contribution in [0.5, 0.6) is 5.75 Å². The molecule has 7 heteroatoms. The average Bonchev–Trinajstić information content (AvgIpc) is 2.88. The fourth-order valence-corrected chi connectivity index (χ4v) is 3.69. The van der Waals surface area contributed by atoms with Crippen molar-refractivity contribution in [3.8, 4) is 5.75 Å². The van der Waals surface area contributed by atoms with Gasteiger partial charge in [-0.25, -0.2) is 9.97 Å². The highest BCUT2D eigenvalue weighted by molar-refractivity contribution is 5.80. The number of nitrogens with one attached hydrogen (secondary N) is 1. The van der Waals surface area contributed by atoms with E-state index in [1.807, 2.05) is 30.0 Å². The molecule has 1 N–H and O–H groups in total. The van der Waals surface area contributed by atoms with Gasteiger partial charge in [-0.05, 0) is 18.6 Å². The van der Waals surface area contributed by atoms with Gasteiger partial charge < -0.3 is 19.7 Å². The Morgan fingerprint density at radius 1 is 1.33 bits per heavy atom. The van der Waals surface area contributed by atoms with Crippen molar-refractivity contribution in [2.24, 2.45) is 0 Å². The first-order valence-corrected chi connectivity index (χ1v) is 9.24. The molecule has 27 heavy (non-hydrogen) atoms. The van der Waals surface area contributed by atoms with Crippen LogP contribution in [0.2, 0.25) is 0 Å². The summed E-state index contributed by atoms with van der Waals surface area (Å²) in [5.74, 6) is 2.55. The van der Waals surface area contributed by atoms with E-state index in [4.69, 9.17) is 9.47 Å². The lowest BCUT2D eigenvalue weighted by Crippen LogP contribution is -2.31. The van der Waals surface area contributed by atoms with Gasteiger partial charge in [0.2, 0.25) is 5.91 Å². The van der Waals surface area contributed by atoms with E-state index in [9.17, 15) is 4.79 Å². The zero-order valence-corrected chi connectivity index (χ0v) is 15.7. The lowest BCUT2D eigenvalue weighted by atomic mass is 10.0. The zero-order valence-electron chi connectivity index (χ0n) is 15.7. The maximum atomic E-state index is 12.2. The molecule has 3 heterocycles. The van der Waals surface area contributed by atoms with Crippen molar-refractivity contribution in [3.63, 3.8) is 0 Å². The number of benzene rings is 1. The van der Waals surface area contributed by atoms with Gasteiger partial charge in [0, 0.05) is 38.6 Å². The highest BCUT2D eigenvalue weighted by Crippen LogP contribution is 2.31. The summed E-state index contributed by atoms with van der Waals surface area (Å²) in [6, 6.07) is 8.08. The van der Waals surface area contributed by atoms with Gasteiger partial charge in [0.1, 0.15) is 24.0 Å². The molecule has 1 saturated heterocycles. The summed E-state index contributed by atoms with van der Waals surface area (Å²) in [5.41, 5.74) is 3.08. The number of aromatic nitrogens is 2. The van der Waals surface area contributed by atoms with Gasteiger partial charge in [-0.15, -0.1) is 0 Å². The molecular weight excluding hydrogens is 344 g/mol. The molecule has 4 rings (SSSR count). The van der Waals surface area contributed by atoms with E-state index in [1.165, 1.54) is 0 Å². The molecule has 1 aromatic heterocycles. The van der Waals surface area contributed by atoms with Crippen LogP contribution in [0.25, 0.3) is 0 Å². The molecule has 0 spiro atoms. The summed E-state index contributed by atoms with van der Waals surface area (Å²) >= 11 is 0. The van der Waals surface area contributed by atoms with Crippen LogP contribution in [0.3, 0.4) is 0 Å². The highest BCUT2D eigenvalue weighted by Gasteiger charge is 2.30. The van der Waals surface area contributed by atoms with Crippen LogP contribution >= 0.6 is 0 Å². The number of para-hydroxylation sites is 1. The third-order valence-corrected chi connectivity index (χ3v) is 5.03. The number of nitrogens with zero attached hydrogens (tertiary/aromatic N) is 3. The number of amides is 1. The van der Waals surface area contributed by atoms with Crippen molar-refractivity contribution in [1.82, 2.24) is 14.9 Å². The Labute approximate surface area is 158 Å². The number of anilines is 1. The first-order valence-electron chi connectivity index (χ1n) is 9.24. The second-order valence-corrected chi connectivity index (χ2v) is 7.00. The van der Waals surface area contributed by atoms with Gasteiger partial charge in [0.25, 0.3) is 0 Å². The minimum absolute atomic E-state index is 0.0344. The Kier molecular flexibility index (Phi) is 4.94. The first kappa shape index (κ1) is 17.7. The Bertz CT molecular complexity index is 855. The Morgan fingerprint density at radius 3 is 3.04 bits per heavy atom. The van der Waals surface area contributed by atoms with Gasteiger partial charge >= 0.3 is 0 Å². The monoisotopic (exact) mass is 368 g/mol. The molecule has 0 unspecified atom stereocenters. The van der Waals surface area contributed by atoms with Crippen LogP contribution in [-0.2, 0) is 22.6 Å². The summed E-state index contributed by atoms with van der Waals surface area (Å²) in [4.78, 5) is 23.3. The Morgan fingerprint density at radius 2 is 2.19 bits per heavy atom. The third-order valence-electron chi connectivity index (χ3n) is 5.03. The van der Waals surface area contributed by atoms with Crippen molar-refractivity contribution in [2.45, 2.75) is 32.4 Å². The van der Waals surface area contributed by atoms with Gasteiger partial charge in [-0.1, -0.05) is 18.2 Å². The van der Waals surface area contributed by atoms with Crippen LogP contribution < -0.4 is 10.1 Å². The number of fused-ring (bicyclic) bond motifs is 2. The van der Waals surface area contributed by atoms with E-state index in [-0.39, 0.29) is 11.9 Å². The number of carbonyl (C=O) groups is 1. The Hall–Kier alpha value is -2.67. The van der Waals surface area contributed by atoms with Gasteiger partial charge in [0.05, 0.1) is 18.3 Å². The fourth-order valence-electron chi connectivity index (χ4n) is 3.69. The molecule has 7 nitrogen and oxygen atoms in total. The van der Waals surface area contributed by atoms with E-state index >= 15 is 0 Å². The number of hydrogen-bond donors (Lipinski definition) is 1. The molecule has 0 radical (unpaired) electrons. The van der Waals surface area contributed by atoms with Gasteiger partial charge in [0.15, 0.2) is 0 Å². The van der Waals surface area contributed by atoms with Gasteiger partial charge in [-0.2, -0.15) is 0 Å². The average molecular weight is 368 g/mol. The van der Waals surface area contributed by atoms with E-state index < -0.39 is 0 Å². The third kappa shape index (κ3) is 3.73. The van der Waals surface area contributed by atoms with E-state index in [0.717, 1.165) is 28.4 Å². The maximum Gasteiger partial charge on any atom is 0.224 e. The number of likely N-dealkylation sites (tertiary alicyclic amines) is 1. The van der Waals surface area contributed by atoms with Crippen LogP contribution in [-0.4, -0.2) is 53.6 Å². The second kappa shape index (κ2) is 7.52. The molecule has 0 bridgehead atoms. The van der Waals surface area contributed by atoms with Crippen molar-refractivity contribution >= 4 is 11.7 Å². The molecule has 2 aliphatic rings. The number of aryl methyl sites for hydroxylation is 1. The topological polar surface area (TPSA) is 76.6 Å². The van der Waals surface area contributed by atoms with Crippen molar-refractivity contribution in [2.75, 3.05) is 32.1 Å². The summed E-state index contributed by atoms with van der Waals surface area (Å²) in [6.07, 6.45) is 1.18. The lowest BCUT2D eigenvalue weighted by Gasteiger charge is -2.19. The molecule has 0 aliphatic carbocycles. The first-order chi connectivity index (χ1) is 13.1. The van der Waals surface area contributed by atoms with E-state index in [0.29, 0.717) is 45.0 Å². The Balaban J connectivity index is 1.58. The predicted octanol–water partition coefficient (Wildman–Crippen LogP) is 1.93. The number of ether oxygens (including phenoxy) is 2. The van der Waals surface area contributed by atoms with Crippen molar-refractivity contribution < 1.29 is 14.3 Å². The second-order valence-electron chi connectivity index (χ2n) is 7.00. The minimum Gasteiger partial charge on any atom is -0.487 e. The molecule has 142 valence electrons. The smallest absolute Gasteiger partial charge is 0.224 e. The van der Waals surface area contributed by atoms with Crippen LogP contribution in [0.4, 0.5) is 5.82 Å². The normalized spacial score (nSPS) is 18.5. The number of hydrogen-bond acceptors (Lipinski definition) is 6. The summed E-state index contributed by atoms with van der Waals surface area (Å²) in [7, 11) is 1.65. The molecule has 2 aliphatic heterocycles. The molecule has 1 aromatic carbocycles. The lowest BCUT2D eigenvalue weighted by molar-refractivity contribution is -0.128. The molecule has 1 atom stereocenters. The van der Waals surface area contributed by atoms with Crippen molar-refractivity contribution in [3.05, 3.63) is 46.9 Å². The van der Waals surface area contributed by atoms with E-state index in [1.54, 1.807) is 7.11 Å². The number of methoxy groups -OCH3 is 1. The van der Waals surface area contributed by atoms with Crippen LogP contribution in [0.1, 0.15) is 29.1 Å². The zero-order chi connectivity index (χ0) is 18.8. The number of carbonyl (C=O) groups excluding carboxylic acids is 1. The molecular formula is C20H24N4O3. The minimum atomic E-state index is 0.0344. The summed E-state index contributed by atoms with van der Waals surface area (Å²) < 4.78 is 11.0. The molecule has 1 fully saturated rings. The molecule has 2 aromatic rings. The molecule has 1 amide bonds. The van der Waals surface area contributed by atoms with E-state index in [2.05, 4.69) is 21.4 Å². The number of rotatable bonds is 5. The van der Waals surface area contributed by atoms with Crippen LogP contribution in [0.15, 0.2) is 24.3 Å². The maximum absolute atomic E-state index is 12.2. The molecule has 0 saturated carbocycles. The quantitative estimate of drug-likeness (QED) is 0.869. The SMILES string of the molecule is COCCN1C[C@H](Nc2nc(C)nc3c2Cc2ccccc2OC3)CC1=O. The standard InChI is InChI=1S/C20H24N4O3/c1-13-21-17-12-27-18-6-4-3-5-14(18)9-16(17)20(22-13)23-15-10-19(25)24(11-15)7-8-26-2/h3-6,15H,7-12H2,1-2H3,(H,21,22,23)/t15-/m1/s1. The van der Waals surface area contributed by atoms with Crippen LogP contribution in [0, 0.1) is 6.92 Å². The highest BCUT2D eigenvalue weighted by atomic mass is 16.5. The van der Waals surface area contributed by atoms with Gasteiger partial charge in [-0.3, -0.25) is 4.79 Å². The van der Waals surface area contributed by atoms with Crippen molar-refractivity contribution in [1.29, 1.82) is 0 Å².